The Kier molecular flexibility index (Phi) is 4.08. The van der Waals surface area contributed by atoms with E-state index < -0.39 is 0 Å². The molecule has 1 aromatic rings. The lowest BCUT2D eigenvalue weighted by Gasteiger charge is -2.18. The fourth-order valence-corrected chi connectivity index (χ4v) is 1.69. The van der Waals surface area contributed by atoms with Crippen molar-refractivity contribution in [2.24, 2.45) is 0 Å². The summed E-state index contributed by atoms with van der Waals surface area (Å²) < 4.78 is 0.887. The van der Waals surface area contributed by atoms with Crippen LogP contribution in [0.5, 0.6) is 0 Å². The number of nitriles is 2. The van der Waals surface area contributed by atoms with Gasteiger partial charge in [-0.05, 0) is 34.5 Å². The lowest BCUT2D eigenvalue weighted by molar-refractivity contribution is 0.925. The van der Waals surface area contributed by atoms with Gasteiger partial charge in [-0.25, -0.2) is 4.98 Å². The first-order chi connectivity index (χ1) is 7.19. The molecule has 0 aliphatic rings. The largest absolute Gasteiger partial charge is 0.330 e. The number of hydrogen-bond acceptors (Lipinski definition) is 4. The summed E-state index contributed by atoms with van der Waals surface area (Å²) in [6.07, 6.45) is 1.66. The third-order valence-corrected chi connectivity index (χ3v) is 2.27. The molecule has 5 heteroatoms. The van der Waals surface area contributed by atoms with Crippen LogP contribution in [-0.4, -0.2) is 18.1 Å². The quantitative estimate of drug-likeness (QED) is 0.784. The summed E-state index contributed by atoms with van der Waals surface area (Å²) in [7, 11) is 0. The minimum absolute atomic E-state index is 0.170. The summed E-state index contributed by atoms with van der Waals surface area (Å²) in [6, 6.07) is 5.94. The van der Waals surface area contributed by atoms with Crippen molar-refractivity contribution < 1.29 is 0 Å². The number of rotatable bonds is 3. The van der Waals surface area contributed by atoms with E-state index >= 15 is 0 Å². The van der Waals surface area contributed by atoms with E-state index in [1.165, 1.54) is 0 Å². The molecule has 1 rings (SSSR count). The summed E-state index contributed by atoms with van der Waals surface area (Å²) in [5.74, 6) is 0.682. The highest BCUT2D eigenvalue weighted by Gasteiger charge is 2.09. The number of aromatic nitrogens is 1. The first-order valence-corrected chi connectivity index (χ1v) is 5.09. The van der Waals surface area contributed by atoms with E-state index in [9.17, 15) is 0 Å². The maximum atomic E-state index is 8.63. The smallest absolute Gasteiger partial charge is 0.133 e. The Labute approximate surface area is 96.9 Å². The van der Waals surface area contributed by atoms with Crippen LogP contribution in [0.15, 0.2) is 16.7 Å². The molecule has 0 N–H and O–H groups in total. The molecule has 0 aliphatic carbocycles. The zero-order chi connectivity index (χ0) is 11.3. The van der Waals surface area contributed by atoms with Crippen LogP contribution in [-0.2, 0) is 0 Å². The summed E-state index contributed by atoms with van der Waals surface area (Å²) in [5.41, 5.74) is 0.940. The minimum Gasteiger partial charge on any atom is -0.330 e. The Bertz CT molecular complexity index is 414. The standard InChI is InChI=1S/C10H9BrN4/c1-8-6-9(11)7-14-10(8)15(4-2-12)5-3-13/h6-7H,4-5H2,1H3. The number of hydrogen-bond donors (Lipinski definition) is 0. The molecule has 0 aromatic carbocycles. The van der Waals surface area contributed by atoms with Crippen LogP contribution in [0.2, 0.25) is 0 Å². The number of nitrogens with zero attached hydrogens (tertiary/aromatic N) is 4. The Morgan fingerprint density at radius 1 is 1.40 bits per heavy atom. The molecule has 0 saturated heterocycles. The third kappa shape index (κ3) is 2.93. The molecule has 15 heavy (non-hydrogen) atoms. The third-order valence-electron chi connectivity index (χ3n) is 1.84. The number of pyridine rings is 1. The molecule has 1 aromatic heterocycles. The van der Waals surface area contributed by atoms with Gasteiger partial charge in [0.05, 0.1) is 12.1 Å². The average Bonchev–Trinajstić information content (AvgIpc) is 2.17. The second kappa shape index (κ2) is 5.33. The number of halogens is 1. The fraction of sp³-hybridized carbons (Fsp3) is 0.300. The van der Waals surface area contributed by atoms with Crippen molar-refractivity contribution >= 4 is 21.7 Å². The van der Waals surface area contributed by atoms with Gasteiger partial charge in [-0.2, -0.15) is 10.5 Å². The average molecular weight is 265 g/mol. The van der Waals surface area contributed by atoms with Crippen molar-refractivity contribution in [3.63, 3.8) is 0 Å². The van der Waals surface area contributed by atoms with Crippen LogP contribution in [0.3, 0.4) is 0 Å². The van der Waals surface area contributed by atoms with E-state index in [4.69, 9.17) is 10.5 Å². The highest BCUT2D eigenvalue weighted by Crippen LogP contribution is 2.20. The van der Waals surface area contributed by atoms with E-state index in [0.717, 1.165) is 10.0 Å². The maximum Gasteiger partial charge on any atom is 0.133 e. The minimum atomic E-state index is 0.170. The van der Waals surface area contributed by atoms with E-state index in [1.54, 1.807) is 11.1 Å². The number of aryl methyl sites for hydroxylation is 1. The lowest BCUT2D eigenvalue weighted by Crippen LogP contribution is -2.25. The Morgan fingerprint density at radius 2 is 2.00 bits per heavy atom. The monoisotopic (exact) mass is 264 g/mol. The van der Waals surface area contributed by atoms with Gasteiger partial charge in [0.25, 0.3) is 0 Å². The molecule has 0 saturated carbocycles. The Morgan fingerprint density at radius 3 is 2.47 bits per heavy atom. The highest BCUT2D eigenvalue weighted by molar-refractivity contribution is 9.10. The van der Waals surface area contributed by atoms with Gasteiger partial charge in [0.1, 0.15) is 18.9 Å². The summed E-state index contributed by atoms with van der Waals surface area (Å²) in [5, 5.41) is 17.3. The topological polar surface area (TPSA) is 63.7 Å². The summed E-state index contributed by atoms with van der Waals surface area (Å²) in [4.78, 5) is 5.83. The predicted octanol–water partition coefficient (Wildman–Crippen LogP) is 2.01. The van der Waals surface area contributed by atoms with E-state index in [2.05, 4.69) is 20.9 Å². The zero-order valence-electron chi connectivity index (χ0n) is 8.24. The molecule has 0 radical (unpaired) electrons. The predicted molar refractivity (Wildman–Crippen MR) is 60.1 cm³/mol. The van der Waals surface area contributed by atoms with Gasteiger partial charge in [-0.1, -0.05) is 0 Å². The molecular formula is C10H9BrN4. The van der Waals surface area contributed by atoms with Crippen LogP contribution in [0.25, 0.3) is 0 Å². The summed E-state index contributed by atoms with van der Waals surface area (Å²) in [6.45, 7) is 2.24. The van der Waals surface area contributed by atoms with Crippen LogP contribution >= 0.6 is 15.9 Å². The van der Waals surface area contributed by atoms with Crippen LogP contribution in [0.4, 0.5) is 5.82 Å². The van der Waals surface area contributed by atoms with Gasteiger partial charge in [0, 0.05) is 10.7 Å². The Balaban J connectivity index is 3.02. The molecule has 0 atom stereocenters. The normalized spacial score (nSPS) is 9.07. The second-order valence-corrected chi connectivity index (χ2v) is 3.88. The molecule has 0 fully saturated rings. The molecule has 0 amide bonds. The Hall–Kier alpha value is -1.59. The van der Waals surface area contributed by atoms with Crippen LogP contribution < -0.4 is 4.90 Å². The van der Waals surface area contributed by atoms with Crippen molar-refractivity contribution in [1.82, 2.24) is 4.98 Å². The summed E-state index contributed by atoms with van der Waals surface area (Å²) >= 11 is 3.31. The van der Waals surface area contributed by atoms with Crippen molar-refractivity contribution in [2.75, 3.05) is 18.0 Å². The molecule has 1 heterocycles. The highest BCUT2D eigenvalue weighted by atomic mass is 79.9. The zero-order valence-corrected chi connectivity index (χ0v) is 9.82. The molecule has 0 bridgehead atoms. The van der Waals surface area contributed by atoms with Crippen molar-refractivity contribution in [3.05, 3.63) is 22.3 Å². The number of anilines is 1. The van der Waals surface area contributed by atoms with Crippen molar-refractivity contribution in [3.8, 4) is 12.1 Å². The fourth-order valence-electron chi connectivity index (χ4n) is 1.24. The molecule has 0 spiro atoms. The molecular weight excluding hydrogens is 256 g/mol. The lowest BCUT2D eigenvalue weighted by atomic mass is 10.2. The molecule has 0 aliphatic heterocycles. The molecule has 76 valence electrons. The molecule has 0 unspecified atom stereocenters. The van der Waals surface area contributed by atoms with Crippen LogP contribution in [0, 0.1) is 29.6 Å². The van der Waals surface area contributed by atoms with Gasteiger partial charge in [0.15, 0.2) is 0 Å². The van der Waals surface area contributed by atoms with Gasteiger partial charge >= 0.3 is 0 Å². The van der Waals surface area contributed by atoms with Gasteiger partial charge in [-0.15, -0.1) is 0 Å². The molecule has 4 nitrogen and oxygen atoms in total. The van der Waals surface area contributed by atoms with E-state index in [1.807, 2.05) is 25.1 Å². The van der Waals surface area contributed by atoms with Crippen molar-refractivity contribution in [2.45, 2.75) is 6.92 Å². The first kappa shape index (κ1) is 11.5. The van der Waals surface area contributed by atoms with Crippen molar-refractivity contribution in [1.29, 1.82) is 10.5 Å². The van der Waals surface area contributed by atoms with E-state index in [0.29, 0.717) is 5.82 Å². The van der Waals surface area contributed by atoms with E-state index in [-0.39, 0.29) is 13.1 Å². The van der Waals surface area contributed by atoms with Gasteiger partial charge < -0.3 is 4.90 Å². The van der Waals surface area contributed by atoms with Crippen LogP contribution in [0.1, 0.15) is 5.56 Å². The van der Waals surface area contributed by atoms with Gasteiger partial charge in [-0.3, -0.25) is 0 Å². The SMILES string of the molecule is Cc1cc(Br)cnc1N(CC#N)CC#N. The maximum absolute atomic E-state index is 8.63. The second-order valence-electron chi connectivity index (χ2n) is 2.97. The first-order valence-electron chi connectivity index (χ1n) is 4.30. The van der Waals surface area contributed by atoms with Gasteiger partial charge in [0.2, 0.25) is 0 Å².